The van der Waals surface area contributed by atoms with Gasteiger partial charge in [-0.1, -0.05) is 30.3 Å². The fraction of sp³-hybridized carbons (Fsp3) is 0.360. The number of carbonyl (C=O) groups excluding carboxylic acids is 1. The van der Waals surface area contributed by atoms with E-state index in [0.717, 1.165) is 56.7 Å². The number of aromatic amines is 1. The molecule has 2 aliphatic heterocycles. The van der Waals surface area contributed by atoms with Crippen LogP contribution in [0.4, 0.5) is 10.6 Å². The van der Waals surface area contributed by atoms with Crippen LogP contribution in [0.25, 0.3) is 21.8 Å². The number of benzene rings is 2. The van der Waals surface area contributed by atoms with Crippen LogP contribution >= 0.6 is 0 Å². The number of aromatic nitrogens is 3. The summed E-state index contributed by atoms with van der Waals surface area (Å²) >= 11 is 0. The first-order valence-corrected chi connectivity index (χ1v) is 11.7. The average Bonchev–Trinajstić information content (AvgIpc) is 3.42. The number of rotatable bonds is 4. The molecule has 0 aliphatic carbocycles. The van der Waals surface area contributed by atoms with E-state index >= 15 is 0 Å². The van der Waals surface area contributed by atoms with Gasteiger partial charge in [0.2, 0.25) is 0 Å². The summed E-state index contributed by atoms with van der Waals surface area (Å²) in [5, 5.41) is 12.5. The Bertz CT molecular complexity index is 1300. The monoisotopic (exact) mass is 444 g/mol. The van der Waals surface area contributed by atoms with Crippen molar-refractivity contribution in [2.75, 3.05) is 44.7 Å². The number of morpholine rings is 1. The molecule has 0 saturated carbocycles. The van der Waals surface area contributed by atoms with E-state index in [9.17, 15) is 4.79 Å². The zero-order valence-electron chi connectivity index (χ0n) is 18.6. The third-order valence-electron chi connectivity index (χ3n) is 6.89. The second-order valence-corrected chi connectivity index (χ2v) is 8.77. The minimum absolute atomic E-state index is 0.108. The van der Waals surface area contributed by atoms with Crippen molar-refractivity contribution in [2.45, 2.75) is 19.5 Å². The van der Waals surface area contributed by atoms with Crippen molar-refractivity contribution >= 4 is 33.7 Å². The van der Waals surface area contributed by atoms with Crippen molar-refractivity contribution in [2.24, 2.45) is 0 Å². The SMILES string of the molecule is O=C(Nc1n[nH]c2ccccc12)N1CCc2c(n(CCN3CCOCC3)c3ccccc23)C1. The van der Waals surface area contributed by atoms with Gasteiger partial charge >= 0.3 is 6.03 Å². The van der Waals surface area contributed by atoms with Crippen molar-refractivity contribution in [3.63, 3.8) is 0 Å². The molecule has 0 bridgehead atoms. The van der Waals surface area contributed by atoms with Gasteiger partial charge in [0.05, 0.1) is 25.3 Å². The molecule has 2 aromatic carbocycles. The minimum atomic E-state index is -0.108. The van der Waals surface area contributed by atoms with Crippen LogP contribution in [0.2, 0.25) is 0 Å². The Morgan fingerprint density at radius 1 is 1.00 bits per heavy atom. The summed E-state index contributed by atoms with van der Waals surface area (Å²) < 4.78 is 7.92. The third kappa shape index (κ3) is 3.75. The molecular formula is C25H28N6O2. The van der Waals surface area contributed by atoms with E-state index in [1.165, 1.54) is 22.2 Å². The highest BCUT2D eigenvalue weighted by Crippen LogP contribution is 2.31. The highest BCUT2D eigenvalue weighted by Gasteiger charge is 2.27. The maximum atomic E-state index is 13.2. The molecule has 6 rings (SSSR count). The number of H-pyrrole nitrogens is 1. The summed E-state index contributed by atoms with van der Waals surface area (Å²) in [5.41, 5.74) is 4.80. The molecule has 8 nitrogen and oxygen atoms in total. The maximum absolute atomic E-state index is 13.2. The lowest BCUT2D eigenvalue weighted by molar-refractivity contribution is 0.0364. The fourth-order valence-corrected chi connectivity index (χ4v) is 5.13. The number of fused-ring (bicyclic) bond motifs is 4. The summed E-state index contributed by atoms with van der Waals surface area (Å²) in [6.07, 6.45) is 0.856. The van der Waals surface area contributed by atoms with E-state index in [-0.39, 0.29) is 6.03 Å². The van der Waals surface area contributed by atoms with Gasteiger partial charge in [-0.25, -0.2) is 4.79 Å². The minimum Gasteiger partial charge on any atom is -0.379 e. The lowest BCUT2D eigenvalue weighted by atomic mass is 10.0. The van der Waals surface area contributed by atoms with Crippen molar-refractivity contribution < 1.29 is 9.53 Å². The van der Waals surface area contributed by atoms with Gasteiger partial charge in [-0.05, 0) is 30.2 Å². The second kappa shape index (κ2) is 8.53. The molecule has 8 heteroatoms. The molecule has 33 heavy (non-hydrogen) atoms. The Morgan fingerprint density at radius 2 is 1.79 bits per heavy atom. The number of amides is 2. The van der Waals surface area contributed by atoms with Gasteiger partial charge in [0.15, 0.2) is 5.82 Å². The van der Waals surface area contributed by atoms with Crippen LogP contribution in [0.15, 0.2) is 48.5 Å². The van der Waals surface area contributed by atoms with Crippen LogP contribution in [0.5, 0.6) is 0 Å². The molecule has 0 atom stereocenters. The normalized spacial score (nSPS) is 16.9. The smallest absolute Gasteiger partial charge is 0.323 e. The number of nitrogens with zero attached hydrogens (tertiary/aromatic N) is 4. The molecule has 4 aromatic rings. The van der Waals surface area contributed by atoms with E-state index in [2.05, 4.69) is 49.2 Å². The largest absolute Gasteiger partial charge is 0.379 e. The van der Waals surface area contributed by atoms with Crippen molar-refractivity contribution in [1.29, 1.82) is 0 Å². The topological polar surface area (TPSA) is 78.4 Å². The van der Waals surface area contributed by atoms with Gasteiger partial charge < -0.3 is 14.2 Å². The fourth-order valence-electron chi connectivity index (χ4n) is 5.13. The number of carbonyl (C=O) groups is 1. The van der Waals surface area contributed by atoms with Crippen LogP contribution in [-0.2, 0) is 24.2 Å². The number of para-hydroxylation sites is 2. The summed E-state index contributed by atoms with van der Waals surface area (Å²) in [6.45, 7) is 6.76. The van der Waals surface area contributed by atoms with E-state index in [1.54, 1.807) is 0 Å². The lowest BCUT2D eigenvalue weighted by Gasteiger charge is -2.30. The molecule has 4 heterocycles. The molecule has 2 amide bonds. The second-order valence-electron chi connectivity index (χ2n) is 8.77. The average molecular weight is 445 g/mol. The van der Waals surface area contributed by atoms with Gasteiger partial charge in [-0.15, -0.1) is 0 Å². The summed E-state index contributed by atoms with van der Waals surface area (Å²) in [7, 11) is 0. The quantitative estimate of drug-likeness (QED) is 0.506. The molecule has 0 spiro atoms. The predicted octanol–water partition coefficient (Wildman–Crippen LogP) is 3.44. The summed E-state index contributed by atoms with van der Waals surface area (Å²) in [5.74, 6) is 0.578. The number of hydrogen-bond donors (Lipinski definition) is 2. The number of anilines is 1. The predicted molar refractivity (Wildman–Crippen MR) is 128 cm³/mol. The lowest BCUT2D eigenvalue weighted by Crippen LogP contribution is -2.40. The van der Waals surface area contributed by atoms with E-state index in [4.69, 9.17) is 4.74 Å². The molecule has 170 valence electrons. The van der Waals surface area contributed by atoms with Crippen LogP contribution in [0, 0.1) is 0 Å². The van der Waals surface area contributed by atoms with Crippen LogP contribution < -0.4 is 5.32 Å². The van der Waals surface area contributed by atoms with Crippen LogP contribution in [-0.4, -0.2) is 70.0 Å². The van der Waals surface area contributed by atoms with E-state index in [1.807, 2.05) is 29.2 Å². The van der Waals surface area contributed by atoms with Crippen LogP contribution in [0.3, 0.4) is 0 Å². The highest BCUT2D eigenvalue weighted by atomic mass is 16.5. The Kier molecular flexibility index (Phi) is 5.24. The molecule has 1 saturated heterocycles. The summed E-state index contributed by atoms with van der Waals surface area (Å²) in [6, 6.07) is 16.3. The van der Waals surface area contributed by atoms with Gasteiger partial charge in [-0.2, -0.15) is 5.10 Å². The molecule has 1 fully saturated rings. The number of ether oxygens (including phenoxy) is 1. The van der Waals surface area contributed by atoms with Crippen molar-refractivity contribution in [3.8, 4) is 0 Å². The number of nitrogens with one attached hydrogen (secondary N) is 2. The summed E-state index contributed by atoms with van der Waals surface area (Å²) in [4.78, 5) is 17.5. The maximum Gasteiger partial charge on any atom is 0.323 e. The van der Waals surface area contributed by atoms with E-state index in [0.29, 0.717) is 18.9 Å². The molecular weight excluding hydrogens is 416 g/mol. The van der Waals surface area contributed by atoms with Crippen molar-refractivity contribution in [3.05, 3.63) is 59.8 Å². The molecule has 2 aliphatic rings. The standard InChI is InChI=1S/C25H28N6O2/c32-25(26-24-20-6-1-3-7-21(20)27-28-24)30-10-9-19-18-5-2-4-8-22(18)31(23(19)17-30)12-11-29-13-15-33-16-14-29/h1-8H,9-17H2,(H2,26,27,28,32). The highest BCUT2D eigenvalue weighted by molar-refractivity contribution is 5.99. The number of hydrogen-bond acceptors (Lipinski definition) is 4. The molecule has 2 N–H and O–H groups in total. The molecule has 0 radical (unpaired) electrons. The first-order valence-electron chi connectivity index (χ1n) is 11.7. The van der Waals surface area contributed by atoms with Crippen molar-refractivity contribution in [1.82, 2.24) is 24.6 Å². The Morgan fingerprint density at radius 3 is 2.67 bits per heavy atom. The Hall–Kier alpha value is -3.36. The Balaban J connectivity index is 1.25. The molecule has 2 aromatic heterocycles. The van der Waals surface area contributed by atoms with E-state index < -0.39 is 0 Å². The van der Waals surface area contributed by atoms with Gasteiger partial charge in [0.1, 0.15) is 0 Å². The zero-order valence-corrected chi connectivity index (χ0v) is 18.6. The van der Waals surface area contributed by atoms with Gasteiger partial charge in [0.25, 0.3) is 0 Å². The number of urea groups is 1. The van der Waals surface area contributed by atoms with Crippen LogP contribution in [0.1, 0.15) is 11.3 Å². The van der Waals surface area contributed by atoms with Gasteiger partial charge in [0, 0.05) is 54.7 Å². The third-order valence-corrected chi connectivity index (χ3v) is 6.89. The zero-order chi connectivity index (χ0) is 22.2. The Labute approximate surface area is 192 Å². The first-order chi connectivity index (χ1) is 16.3. The molecule has 0 unspecified atom stereocenters. The van der Waals surface area contributed by atoms with Gasteiger partial charge in [-0.3, -0.25) is 15.3 Å². The first kappa shape index (κ1) is 20.3.